The third-order valence-corrected chi connectivity index (χ3v) is 4.86. The van der Waals surface area contributed by atoms with Crippen LogP contribution in [0, 0.1) is 5.92 Å². The molecule has 4 N–H and O–H groups in total. The minimum Gasteiger partial charge on any atom is -0.356 e. The van der Waals surface area contributed by atoms with Crippen LogP contribution >= 0.6 is 0 Å². The molecule has 158 valence electrons. The van der Waals surface area contributed by atoms with E-state index in [0.29, 0.717) is 36.7 Å². The summed E-state index contributed by atoms with van der Waals surface area (Å²) in [5.74, 6) is -0.168. The van der Waals surface area contributed by atoms with Gasteiger partial charge in [0.25, 0.3) is 0 Å². The van der Waals surface area contributed by atoms with Crippen molar-refractivity contribution in [2.75, 3.05) is 35.6 Å². The Hall–Kier alpha value is -3.55. The maximum Gasteiger partial charge on any atom is 0.323 e. The fourth-order valence-corrected chi connectivity index (χ4v) is 3.35. The zero-order chi connectivity index (χ0) is 21.3. The van der Waals surface area contributed by atoms with Gasteiger partial charge in [0.15, 0.2) is 0 Å². The Bertz CT molecular complexity index is 870. The fraction of sp³-hybridized carbons (Fsp3) is 0.318. The van der Waals surface area contributed by atoms with E-state index in [1.165, 1.54) is 0 Å². The SMILES string of the molecule is CCNC(=O)[C@H]1CCCN(C(=O)Nc2ccc(NC(=O)Nc3ccccc3)cc2)C1. The summed E-state index contributed by atoms with van der Waals surface area (Å²) in [6, 6.07) is 15.5. The lowest BCUT2D eigenvalue weighted by Gasteiger charge is -2.32. The maximum absolute atomic E-state index is 12.6. The van der Waals surface area contributed by atoms with E-state index in [1.807, 2.05) is 25.1 Å². The smallest absolute Gasteiger partial charge is 0.323 e. The van der Waals surface area contributed by atoms with Gasteiger partial charge in [0.1, 0.15) is 0 Å². The van der Waals surface area contributed by atoms with Gasteiger partial charge >= 0.3 is 12.1 Å². The van der Waals surface area contributed by atoms with E-state index in [9.17, 15) is 14.4 Å². The van der Waals surface area contributed by atoms with Crippen LogP contribution in [0.4, 0.5) is 26.7 Å². The van der Waals surface area contributed by atoms with Crippen LogP contribution in [0.3, 0.4) is 0 Å². The number of piperidine rings is 1. The molecule has 30 heavy (non-hydrogen) atoms. The minimum atomic E-state index is -0.345. The number of nitrogens with one attached hydrogen (secondary N) is 4. The molecule has 0 radical (unpaired) electrons. The first-order chi connectivity index (χ1) is 14.5. The third kappa shape index (κ3) is 5.97. The van der Waals surface area contributed by atoms with E-state index in [-0.39, 0.29) is 23.9 Å². The van der Waals surface area contributed by atoms with Crippen LogP contribution in [0.2, 0.25) is 0 Å². The molecule has 0 spiro atoms. The molecule has 1 heterocycles. The number of carbonyl (C=O) groups is 3. The summed E-state index contributed by atoms with van der Waals surface area (Å²) in [6.45, 7) is 3.51. The van der Waals surface area contributed by atoms with Crippen LogP contribution in [0.1, 0.15) is 19.8 Å². The Morgan fingerprint density at radius 1 is 0.900 bits per heavy atom. The zero-order valence-electron chi connectivity index (χ0n) is 17.0. The van der Waals surface area contributed by atoms with Gasteiger partial charge < -0.3 is 26.2 Å². The highest BCUT2D eigenvalue weighted by molar-refractivity contribution is 6.00. The van der Waals surface area contributed by atoms with Crippen LogP contribution in [0.5, 0.6) is 0 Å². The van der Waals surface area contributed by atoms with Crippen molar-refractivity contribution in [3.63, 3.8) is 0 Å². The molecule has 1 aliphatic rings. The number of nitrogens with zero attached hydrogens (tertiary/aromatic N) is 1. The molecular weight excluding hydrogens is 382 g/mol. The van der Waals surface area contributed by atoms with Gasteiger partial charge in [-0.2, -0.15) is 0 Å². The van der Waals surface area contributed by atoms with E-state index in [2.05, 4.69) is 21.3 Å². The Morgan fingerprint density at radius 2 is 1.50 bits per heavy atom. The molecule has 8 nitrogen and oxygen atoms in total. The van der Waals surface area contributed by atoms with Gasteiger partial charge in [0.05, 0.1) is 5.92 Å². The normalized spacial score (nSPS) is 15.8. The summed E-state index contributed by atoms with van der Waals surface area (Å²) in [7, 11) is 0. The molecule has 1 fully saturated rings. The van der Waals surface area contributed by atoms with E-state index in [0.717, 1.165) is 12.8 Å². The Kier molecular flexibility index (Phi) is 7.26. The molecule has 8 heteroatoms. The zero-order valence-corrected chi connectivity index (χ0v) is 17.0. The first-order valence-electron chi connectivity index (χ1n) is 10.1. The van der Waals surface area contributed by atoms with E-state index in [1.54, 1.807) is 41.3 Å². The number of hydrogen-bond acceptors (Lipinski definition) is 3. The summed E-state index contributed by atoms with van der Waals surface area (Å²) in [5.41, 5.74) is 1.93. The molecule has 0 aromatic heterocycles. The van der Waals surface area contributed by atoms with Crippen LogP contribution in [0.15, 0.2) is 54.6 Å². The van der Waals surface area contributed by atoms with Crippen molar-refractivity contribution >= 4 is 35.0 Å². The number of likely N-dealkylation sites (tertiary alicyclic amines) is 1. The summed E-state index contributed by atoms with van der Waals surface area (Å²) < 4.78 is 0. The van der Waals surface area contributed by atoms with Crippen molar-refractivity contribution in [1.29, 1.82) is 0 Å². The molecular formula is C22H27N5O3. The van der Waals surface area contributed by atoms with Gasteiger partial charge in [0.2, 0.25) is 5.91 Å². The highest BCUT2D eigenvalue weighted by Crippen LogP contribution is 2.19. The van der Waals surface area contributed by atoms with Gasteiger partial charge in [-0.1, -0.05) is 18.2 Å². The Morgan fingerprint density at radius 3 is 2.13 bits per heavy atom. The lowest BCUT2D eigenvalue weighted by atomic mass is 9.97. The Balaban J connectivity index is 1.50. The van der Waals surface area contributed by atoms with E-state index < -0.39 is 0 Å². The van der Waals surface area contributed by atoms with Crippen LogP contribution in [0.25, 0.3) is 0 Å². The van der Waals surface area contributed by atoms with E-state index in [4.69, 9.17) is 0 Å². The molecule has 2 aromatic carbocycles. The molecule has 0 aliphatic carbocycles. The quantitative estimate of drug-likeness (QED) is 0.605. The third-order valence-electron chi connectivity index (χ3n) is 4.86. The molecule has 3 rings (SSSR count). The predicted molar refractivity (Wildman–Crippen MR) is 118 cm³/mol. The van der Waals surface area contributed by atoms with Crippen molar-refractivity contribution in [2.45, 2.75) is 19.8 Å². The molecule has 0 bridgehead atoms. The van der Waals surface area contributed by atoms with Crippen molar-refractivity contribution in [3.05, 3.63) is 54.6 Å². The lowest BCUT2D eigenvalue weighted by molar-refractivity contribution is -0.126. The Labute approximate surface area is 176 Å². The predicted octanol–water partition coefficient (Wildman–Crippen LogP) is 3.71. The molecule has 0 saturated carbocycles. The minimum absolute atomic E-state index is 0.000735. The second kappa shape index (κ2) is 10.3. The molecule has 1 atom stereocenters. The standard InChI is InChI=1S/C22H27N5O3/c1-2-23-20(28)16-7-6-14-27(15-16)22(30)26-19-12-10-18(11-13-19)25-21(29)24-17-8-4-3-5-9-17/h3-5,8-13,16H,2,6-7,14-15H2,1H3,(H,23,28)(H,26,30)(H2,24,25,29)/t16-/m0/s1. The van der Waals surface area contributed by atoms with Crippen molar-refractivity contribution in [3.8, 4) is 0 Å². The van der Waals surface area contributed by atoms with Gasteiger partial charge in [-0.3, -0.25) is 4.79 Å². The number of urea groups is 2. The number of para-hydroxylation sites is 1. The fourth-order valence-electron chi connectivity index (χ4n) is 3.35. The maximum atomic E-state index is 12.6. The van der Waals surface area contributed by atoms with Crippen LogP contribution < -0.4 is 21.3 Å². The van der Waals surface area contributed by atoms with Crippen molar-refractivity contribution < 1.29 is 14.4 Å². The summed E-state index contributed by atoms with van der Waals surface area (Å²) in [5, 5.41) is 11.2. The average molecular weight is 409 g/mol. The first kappa shape index (κ1) is 21.2. The van der Waals surface area contributed by atoms with Gasteiger partial charge in [-0.15, -0.1) is 0 Å². The number of anilines is 3. The number of benzene rings is 2. The van der Waals surface area contributed by atoms with Crippen LogP contribution in [-0.2, 0) is 4.79 Å². The van der Waals surface area contributed by atoms with E-state index >= 15 is 0 Å². The van der Waals surface area contributed by atoms with Crippen LogP contribution in [-0.4, -0.2) is 42.5 Å². The van der Waals surface area contributed by atoms with Gasteiger partial charge in [-0.05, 0) is 56.2 Å². The molecule has 0 unspecified atom stereocenters. The number of rotatable bonds is 5. The molecule has 5 amide bonds. The van der Waals surface area contributed by atoms with Crippen molar-refractivity contribution in [1.82, 2.24) is 10.2 Å². The second-order valence-corrected chi connectivity index (χ2v) is 7.13. The second-order valence-electron chi connectivity index (χ2n) is 7.13. The monoisotopic (exact) mass is 409 g/mol. The highest BCUT2D eigenvalue weighted by Gasteiger charge is 2.28. The topological polar surface area (TPSA) is 103 Å². The molecule has 1 saturated heterocycles. The number of hydrogen-bond donors (Lipinski definition) is 4. The first-order valence-corrected chi connectivity index (χ1v) is 10.1. The average Bonchev–Trinajstić information content (AvgIpc) is 2.76. The van der Waals surface area contributed by atoms with Crippen molar-refractivity contribution in [2.24, 2.45) is 5.92 Å². The highest BCUT2D eigenvalue weighted by atomic mass is 16.2. The van der Waals surface area contributed by atoms with Gasteiger partial charge in [0, 0.05) is 36.7 Å². The number of amides is 5. The number of carbonyl (C=O) groups excluding carboxylic acids is 3. The summed E-state index contributed by atoms with van der Waals surface area (Å²) >= 11 is 0. The summed E-state index contributed by atoms with van der Waals surface area (Å²) in [6.07, 6.45) is 1.59. The largest absolute Gasteiger partial charge is 0.356 e. The summed E-state index contributed by atoms with van der Waals surface area (Å²) in [4.78, 5) is 38.3. The lowest BCUT2D eigenvalue weighted by Crippen LogP contribution is -2.46. The van der Waals surface area contributed by atoms with Gasteiger partial charge in [-0.25, -0.2) is 9.59 Å². The molecule has 2 aromatic rings. The molecule has 1 aliphatic heterocycles.